The molecule has 2 aromatic heterocycles. The molecule has 0 radical (unpaired) electrons. The number of hydrogen-bond donors (Lipinski definition) is 1. The summed E-state index contributed by atoms with van der Waals surface area (Å²) in [4.78, 5) is 34.1. The summed E-state index contributed by atoms with van der Waals surface area (Å²) in [6, 6.07) is 7.28. The molecule has 0 spiro atoms. The van der Waals surface area contributed by atoms with Gasteiger partial charge in [0.2, 0.25) is 0 Å². The van der Waals surface area contributed by atoms with Gasteiger partial charge in [0, 0.05) is 52.5 Å². The van der Waals surface area contributed by atoms with Crippen molar-refractivity contribution < 1.29 is 5.11 Å². The Morgan fingerprint density at radius 1 is 1.00 bits per heavy atom. The van der Waals surface area contributed by atoms with Crippen molar-refractivity contribution in [1.82, 2.24) is 23.6 Å². The minimum absolute atomic E-state index is 0.276. The monoisotopic (exact) mass is 398 g/mol. The number of benzene rings is 1. The maximum atomic E-state index is 12.7. The smallest absolute Gasteiger partial charge is 0.332 e. The van der Waals surface area contributed by atoms with E-state index >= 15 is 0 Å². The van der Waals surface area contributed by atoms with Crippen LogP contribution in [0.3, 0.4) is 0 Å². The quantitative estimate of drug-likeness (QED) is 0.667. The summed E-state index contributed by atoms with van der Waals surface area (Å²) >= 11 is 0. The zero-order chi connectivity index (χ0) is 20.5. The molecule has 1 fully saturated rings. The Balaban J connectivity index is 1.37. The number of anilines is 1. The second kappa shape index (κ2) is 7.75. The zero-order valence-electron chi connectivity index (χ0n) is 16.8. The molecule has 0 atom stereocenters. The number of phenolic OH excluding ortho intramolecular Hbond substituents is 1. The van der Waals surface area contributed by atoms with Crippen LogP contribution in [-0.4, -0.2) is 61.4 Å². The molecule has 1 saturated heterocycles. The Labute approximate surface area is 168 Å². The number of hydrogen-bond acceptors (Lipinski definition) is 6. The molecule has 4 rings (SSSR count). The van der Waals surface area contributed by atoms with Crippen LogP contribution in [0.1, 0.15) is 6.42 Å². The zero-order valence-corrected chi connectivity index (χ0v) is 16.8. The minimum Gasteiger partial charge on any atom is -0.508 e. The molecule has 0 unspecified atom stereocenters. The fraction of sp³-hybridized carbons (Fsp3) is 0.450. The number of nitrogens with zero attached hydrogens (tertiary/aromatic N) is 6. The third kappa shape index (κ3) is 3.65. The average Bonchev–Trinajstić information content (AvgIpc) is 3.12. The summed E-state index contributed by atoms with van der Waals surface area (Å²) < 4.78 is 4.42. The number of rotatable bonds is 5. The topological polar surface area (TPSA) is 88.5 Å². The van der Waals surface area contributed by atoms with Gasteiger partial charge in [-0.2, -0.15) is 0 Å². The van der Waals surface area contributed by atoms with Gasteiger partial charge in [0.25, 0.3) is 5.56 Å². The fourth-order valence-corrected chi connectivity index (χ4v) is 3.94. The normalized spacial score (nSPS) is 15.3. The highest BCUT2D eigenvalue weighted by Gasteiger charge is 2.18. The van der Waals surface area contributed by atoms with Crippen LogP contribution in [0.15, 0.2) is 40.2 Å². The van der Waals surface area contributed by atoms with E-state index < -0.39 is 0 Å². The lowest BCUT2D eigenvalue weighted by atomic mass is 10.2. The third-order valence-corrected chi connectivity index (χ3v) is 5.64. The van der Waals surface area contributed by atoms with Gasteiger partial charge < -0.3 is 14.6 Å². The predicted octanol–water partition coefficient (Wildman–Crippen LogP) is 0.352. The SMILES string of the molecule is Cn1cnc2c1c(=O)n(CCCN1CCN(c3ccc(O)cc3)CC1)c(=O)n2C. The van der Waals surface area contributed by atoms with Crippen LogP contribution in [0.25, 0.3) is 11.2 Å². The summed E-state index contributed by atoms with van der Waals surface area (Å²) in [5.74, 6) is 0.276. The Kier molecular flexibility index (Phi) is 5.14. The van der Waals surface area contributed by atoms with E-state index in [1.165, 1.54) is 9.13 Å². The van der Waals surface area contributed by atoms with E-state index in [0.29, 0.717) is 17.7 Å². The Morgan fingerprint density at radius 2 is 1.69 bits per heavy atom. The Hall–Kier alpha value is -3.07. The Morgan fingerprint density at radius 3 is 2.38 bits per heavy atom. The van der Waals surface area contributed by atoms with Gasteiger partial charge in [-0.1, -0.05) is 0 Å². The van der Waals surface area contributed by atoms with Gasteiger partial charge in [-0.05, 0) is 37.2 Å². The Bertz CT molecular complexity index is 1120. The second-order valence-corrected chi connectivity index (χ2v) is 7.52. The summed E-state index contributed by atoms with van der Waals surface area (Å²) in [6.45, 7) is 4.90. The summed E-state index contributed by atoms with van der Waals surface area (Å²) in [5, 5.41) is 9.43. The van der Waals surface area contributed by atoms with Crippen LogP contribution in [-0.2, 0) is 20.6 Å². The lowest BCUT2D eigenvalue weighted by molar-refractivity contribution is 0.249. The van der Waals surface area contributed by atoms with Crippen LogP contribution in [0.5, 0.6) is 5.75 Å². The van der Waals surface area contributed by atoms with Crippen LogP contribution < -0.4 is 16.1 Å². The molecule has 9 nitrogen and oxygen atoms in total. The van der Waals surface area contributed by atoms with E-state index in [1.807, 2.05) is 12.1 Å². The van der Waals surface area contributed by atoms with E-state index in [4.69, 9.17) is 0 Å². The first-order valence-electron chi connectivity index (χ1n) is 9.83. The van der Waals surface area contributed by atoms with Gasteiger partial charge in [0.05, 0.1) is 6.33 Å². The number of aryl methyl sites for hydroxylation is 2. The highest BCUT2D eigenvalue weighted by Crippen LogP contribution is 2.19. The molecular weight excluding hydrogens is 372 g/mol. The molecule has 154 valence electrons. The van der Waals surface area contributed by atoms with Crippen molar-refractivity contribution in [3.63, 3.8) is 0 Å². The summed E-state index contributed by atoms with van der Waals surface area (Å²) in [7, 11) is 3.41. The fourth-order valence-electron chi connectivity index (χ4n) is 3.94. The first kappa shape index (κ1) is 19.3. The van der Waals surface area contributed by atoms with Gasteiger partial charge in [0.1, 0.15) is 5.75 Å². The molecule has 3 heterocycles. The molecule has 1 N–H and O–H groups in total. The van der Waals surface area contributed by atoms with Gasteiger partial charge >= 0.3 is 5.69 Å². The van der Waals surface area contributed by atoms with Gasteiger partial charge in [-0.3, -0.25) is 18.8 Å². The number of fused-ring (bicyclic) bond motifs is 1. The lowest BCUT2D eigenvalue weighted by Crippen LogP contribution is -2.47. The average molecular weight is 398 g/mol. The summed E-state index contributed by atoms with van der Waals surface area (Å²) in [5.41, 5.74) is 1.39. The van der Waals surface area contributed by atoms with Crippen molar-refractivity contribution in [2.24, 2.45) is 14.1 Å². The van der Waals surface area contributed by atoms with E-state index in [9.17, 15) is 14.7 Å². The highest BCUT2D eigenvalue weighted by molar-refractivity contribution is 5.69. The second-order valence-electron chi connectivity index (χ2n) is 7.52. The van der Waals surface area contributed by atoms with Crippen molar-refractivity contribution in [1.29, 1.82) is 0 Å². The molecule has 0 amide bonds. The molecule has 29 heavy (non-hydrogen) atoms. The first-order chi connectivity index (χ1) is 14.0. The van der Waals surface area contributed by atoms with Crippen LogP contribution in [0, 0.1) is 0 Å². The van der Waals surface area contributed by atoms with Crippen molar-refractivity contribution in [2.75, 3.05) is 37.6 Å². The molecule has 1 aromatic carbocycles. The minimum atomic E-state index is -0.321. The molecule has 0 bridgehead atoms. The maximum absolute atomic E-state index is 12.7. The molecule has 1 aliphatic heterocycles. The number of piperazine rings is 1. The number of phenols is 1. The molecule has 1 aliphatic rings. The molecule has 3 aromatic rings. The number of aromatic hydroxyl groups is 1. The van der Waals surface area contributed by atoms with Gasteiger partial charge in [-0.15, -0.1) is 0 Å². The van der Waals surface area contributed by atoms with Crippen molar-refractivity contribution in [3.05, 3.63) is 51.4 Å². The summed E-state index contributed by atoms with van der Waals surface area (Å²) in [6.07, 6.45) is 2.29. The highest BCUT2D eigenvalue weighted by atomic mass is 16.3. The van der Waals surface area contributed by atoms with E-state index in [-0.39, 0.29) is 17.0 Å². The number of imidazole rings is 1. The van der Waals surface area contributed by atoms with Gasteiger partial charge in [-0.25, -0.2) is 9.78 Å². The van der Waals surface area contributed by atoms with Crippen molar-refractivity contribution in [3.8, 4) is 5.75 Å². The van der Waals surface area contributed by atoms with Crippen molar-refractivity contribution >= 4 is 16.9 Å². The predicted molar refractivity (Wildman–Crippen MR) is 112 cm³/mol. The first-order valence-corrected chi connectivity index (χ1v) is 9.83. The largest absolute Gasteiger partial charge is 0.508 e. The van der Waals surface area contributed by atoms with Gasteiger partial charge in [0.15, 0.2) is 11.2 Å². The van der Waals surface area contributed by atoms with Crippen LogP contribution in [0.4, 0.5) is 5.69 Å². The standard InChI is InChI=1S/C20H26N6O3/c1-22-14-21-18-17(22)19(28)26(20(29)23(18)2)9-3-8-24-10-12-25(13-11-24)15-4-6-16(27)7-5-15/h4-7,14,27H,3,8-13H2,1-2H3. The van der Waals surface area contributed by atoms with Crippen molar-refractivity contribution in [2.45, 2.75) is 13.0 Å². The number of aromatic nitrogens is 4. The van der Waals surface area contributed by atoms with E-state index in [2.05, 4.69) is 14.8 Å². The van der Waals surface area contributed by atoms with E-state index in [0.717, 1.165) is 44.8 Å². The molecule has 0 saturated carbocycles. The third-order valence-electron chi connectivity index (χ3n) is 5.64. The molecule has 0 aliphatic carbocycles. The maximum Gasteiger partial charge on any atom is 0.332 e. The van der Waals surface area contributed by atoms with Crippen LogP contribution in [0.2, 0.25) is 0 Å². The molecule has 9 heteroatoms. The lowest BCUT2D eigenvalue weighted by Gasteiger charge is -2.36. The van der Waals surface area contributed by atoms with Crippen LogP contribution >= 0.6 is 0 Å². The van der Waals surface area contributed by atoms with E-state index in [1.54, 1.807) is 37.1 Å². The molecular formula is C20H26N6O3.